The molecule has 0 heterocycles. The highest BCUT2D eigenvalue weighted by atomic mass is 35.5. The standard InChI is InChI=1S/C17H15Cl2N3O3/c18-13-7-6-11(8-14(13)19)17(25)21-9-15(23)20-10-16(24)22-12-4-2-1-3-5-12/h1-8H,9-10H2,(H,20,23)(H,21,25)(H,22,24). The third-order valence-corrected chi connectivity index (χ3v) is 3.83. The largest absolute Gasteiger partial charge is 0.345 e. The molecule has 0 aliphatic heterocycles. The zero-order chi connectivity index (χ0) is 18.2. The average molecular weight is 380 g/mol. The minimum atomic E-state index is -0.489. The molecule has 0 atom stereocenters. The van der Waals surface area contributed by atoms with Crippen molar-refractivity contribution in [2.24, 2.45) is 0 Å². The van der Waals surface area contributed by atoms with Crippen LogP contribution in [-0.2, 0) is 9.59 Å². The van der Waals surface area contributed by atoms with Gasteiger partial charge in [-0.15, -0.1) is 0 Å². The van der Waals surface area contributed by atoms with Crippen LogP contribution in [0.25, 0.3) is 0 Å². The van der Waals surface area contributed by atoms with Crippen molar-refractivity contribution in [3.05, 3.63) is 64.1 Å². The number of hydrogen-bond acceptors (Lipinski definition) is 3. The molecule has 3 N–H and O–H groups in total. The summed E-state index contributed by atoms with van der Waals surface area (Å²) in [4.78, 5) is 35.3. The molecule has 0 spiro atoms. The predicted octanol–water partition coefficient (Wildman–Crippen LogP) is 2.48. The van der Waals surface area contributed by atoms with Crippen LogP contribution in [0.5, 0.6) is 0 Å². The van der Waals surface area contributed by atoms with Gasteiger partial charge in [0.2, 0.25) is 11.8 Å². The molecule has 2 rings (SSSR count). The number of carbonyl (C=O) groups excluding carboxylic acids is 3. The third-order valence-electron chi connectivity index (χ3n) is 3.09. The van der Waals surface area contributed by atoms with Crippen LogP contribution < -0.4 is 16.0 Å². The van der Waals surface area contributed by atoms with Crippen LogP contribution in [0.4, 0.5) is 5.69 Å². The minimum absolute atomic E-state index is 0.198. The molecule has 0 fully saturated rings. The normalized spacial score (nSPS) is 10.0. The number of benzene rings is 2. The lowest BCUT2D eigenvalue weighted by Gasteiger charge is -2.08. The molecule has 2 aromatic carbocycles. The van der Waals surface area contributed by atoms with Crippen LogP contribution in [0, 0.1) is 0 Å². The second-order valence-electron chi connectivity index (χ2n) is 5.00. The van der Waals surface area contributed by atoms with Crippen molar-refractivity contribution >= 4 is 46.6 Å². The van der Waals surface area contributed by atoms with Crippen molar-refractivity contribution in [2.75, 3.05) is 18.4 Å². The van der Waals surface area contributed by atoms with E-state index in [1.165, 1.54) is 18.2 Å². The van der Waals surface area contributed by atoms with Gasteiger partial charge < -0.3 is 16.0 Å². The number of nitrogens with one attached hydrogen (secondary N) is 3. The van der Waals surface area contributed by atoms with Gasteiger partial charge in [0.25, 0.3) is 5.91 Å². The Bertz CT molecular complexity index is 782. The van der Waals surface area contributed by atoms with Gasteiger partial charge in [0, 0.05) is 11.3 Å². The quantitative estimate of drug-likeness (QED) is 0.720. The van der Waals surface area contributed by atoms with E-state index >= 15 is 0 Å². The van der Waals surface area contributed by atoms with Gasteiger partial charge in [0.05, 0.1) is 23.1 Å². The van der Waals surface area contributed by atoms with Crippen LogP contribution in [0.15, 0.2) is 48.5 Å². The monoisotopic (exact) mass is 379 g/mol. The smallest absolute Gasteiger partial charge is 0.251 e. The van der Waals surface area contributed by atoms with E-state index < -0.39 is 11.8 Å². The maximum absolute atomic E-state index is 11.9. The molecule has 2 aromatic rings. The van der Waals surface area contributed by atoms with Crippen molar-refractivity contribution in [1.29, 1.82) is 0 Å². The third kappa shape index (κ3) is 6.10. The van der Waals surface area contributed by atoms with E-state index in [2.05, 4.69) is 16.0 Å². The molecule has 130 valence electrons. The van der Waals surface area contributed by atoms with Crippen LogP contribution in [0.1, 0.15) is 10.4 Å². The Balaban J connectivity index is 1.74. The minimum Gasteiger partial charge on any atom is -0.345 e. The molecular formula is C17H15Cl2N3O3. The number of para-hydroxylation sites is 1. The van der Waals surface area contributed by atoms with Crippen LogP contribution in [-0.4, -0.2) is 30.8 Å². The van der Waals surface area contributed by atoms with Gasteiger partial charge in [-0.1, -0.05) is 41.4 Å². The second-order valence-corrected chi connectivity index (χ2v) is 5.82. The van der Waals surface area contributed by atoms with Gasteiger partial charge in [-0.2, -0.15) is 0 Å². The summed E-state index contributed by atoms with van der Waals surface area (Å²) in [6, 6.07) is 13.3. The van der Waals surface area contributed by atoms with Gasteiger partial charge in [0.15, 0.2) is 0 Å². The number of rotatable bonds is 6. The van der Waals surface area contributed by atoms with Crippen molar-refractivity contribution in [2.45, 2.75) is 0 Å². The van der Waals surface area contributed by atoms with Gasteiger partial charge in [-0.25, -0.2) is 0 Å². The zero-order valence-electron chi connectivity index (χ0n) is 13.0. The zero-order valence-corrected chi connectivity index (χ0v) is 14.5. The Kier molecular flexibility index (Phi) is 6.80. The summed E-state index contributed by atoms with van der Waals surface area (Å²) >= 11 is 11.6. The summed E-state index contributed by atoms with van der Waals surface area (Å²) in [7, 11) is 0. The summed E-state index contributed by atoms with van der Waals surface area (Å²) in [6.07, 6.45) is 0. The lowest BCUT2D eigenvalue weighted by atomic mass is 10.2. The van der Waals surface area contributed by atoms with Crippen molar-refractivity contribution in [1.82, 2.24) is 10.6 Å². The Labute approximate surface area is 154 Å². The molecule has 0 aromatic heterocycles. The van der Waals surface area contributed by atoms with Crippen molar-refractivity contribution < 1.29 is 14.4 Å². The first-order chi connectivity index (χ1) is 12.0. The Hall–Kier alpha value is -2.57. The van der Waals surface area contributed by atoms with E-state index in [9.17, 15) is 14.4 Å². The van der Waals surface area contributed by atoms with E-state index in [4.69, 9.17) is 23.2 Å². The Morgan fingerprint density at radius 1 is 0.800 bits per heavy atom. The summed E-state index contributed by atoms with van der Waals surface area (Å²) in [5.41, 5.74) is 0.915. The fourth-order valence-electron chi connectivity index (χ4n) is 1.87. The molecule has 0 unspecified atom stereocenters. The second kappa shape index (κ2) is 9.05. The molecule has 6 nitrogen and oxygen atoms in total. The van der Waals surface area contributed by atoms with Gasteiger partial charge in [0.1, 0.15) is 0 Å². The number of hydrogen-bond donors (Lipinski definition) is 3. The van der Waals surface area contributed by atoms with Crippen LogP contribution >= 0.6 is 23.2 Å². The highest BCUT2D eigenvalue weighted by Crippen LogP contribution is 2.22. The van der Waals surface area contributed by atoms with Crippen LogP contribution in [0.2, 0.25) is 10.0 Å². The van der Waals surface area contributed by atoms with Crippen molar-refractivity contribution in [3.8, 4) is 0 Å². The van der Waals surface area contributed by atoms with E-state index in [1.54, 1.807) is 24.3 Å². The SMILES string of the molecule is O=C(CNC(=O)c1ccc(Cl)c(Cl)c1)NCC(=O)Nc1ccccc1. The lowest BCUT2D eigenvalue weighted by Crippen LogP contribution is -2.40. The molecule has 0 aliphatic rings. The molecule has 8 heteroatoms. The number of carbonyl (C=O) groups is 3. The first-order valence-corrected chi connectivity index (χ1v) is 8.06. The van der Waals surface area contributed by atoms with Gasteiger partial charge in [-0.3, -0.25) is 14.4 Å². The molecule has 0 radical (unpaired) electrons. The Morgan fingerprint density at radius 3 is 2.16 bits per heavy atom. The fraction of sp³-hybridized carbons (Fsp3) is 0.118. The number of anilines is 1. The maximum Gasteiger partial charge on any atom is 0.251 e. The topological polar surface area (TPSA) is 87.3 Å². The lowest BCUT2D eigenvalue weighted by molar-refractivity contribution is -0.123. The average Bonchev–Trinajstić information content (AvgIpc) is 2.61. The number of halogens is 2. The predicted molar refractivity (Wildman–Crippen MR) is 96.9 cm³/mol. The number of amides is 3. The molecule has 0 saturated carbocycles. The van der Waals surface area contributed by atoms with E-state index in [1.807, 2.05) is 6.07 Å². The first-order valence-electron chi connectivity index (χ1n) is 7.30. The van der Waals surface area contributed by atoms with Gasteiger partial charge >= 0.3 is 0 Å². The summed E-state index contributed by atoms with van der Waals surface area (Å²) in [6.45, 7) is -0.464. The van der Waals surface area contributed by atoms with Gasteiger partial charge in [-0.05, 0) is 30.3 Å². The first kappa shape index (κ1) is 18.8. The maximum atomic E-state index is 11.9. The van der Waals surface area contributed by atoms with E-state index in [-0.39, 0.29) is 29.6 Å². The Morgan fingerprint density at radius 2 is 1.48 bits per heavy atom. The van der Waals surface area contributed by atoms with Crippen molar-refractivity contribution in [3.63, 3.8) is 0 Å². The molecule has 0 saturated heterocycles. The summed E-state index contributed by atoms with van der Waals surface area (Å²) in [5, 5.41) is 8.06. The molecule has 3 amide bonds. The van der Waals surface area contributed by atoms with E-state index in [0.717, 1.165) is 0 Å². The molecule has 0 bridgehead atoms. The van der Waals surface area contributed by atoms with E-state index in [0.29, 0.717) is 10.7 Å². The highest BCUT2D eigenvalue weighted by molar-refractivity contribution is 6.42. The fourth-order valence-corrected chi connectivity index (χ4v) is 2.17. The summed E-state index contributed by atoms with van der Waals surface area (Å²) < 4.78 is 0. The molecule has 0 aliphatic carbocycles. The molecular weight excluding hydrogens is 365 g/mol. The van der Waals surface area contributed by atoms with Crippen LogP contribution in [0.3, 0.4) is 0 Å². The highest BCUT2D eigenvalue weighted by Gasteiger charge is 2.11. The summed E-state index contributed by atoms with van der Waals surface area (Å²) in [5.74, 6) is -1.32. The molecule has 25 heavy (non-hydrogen) atoms.